The molecule has 0 radical (unpaired) electrons. The van der Waals surface area contributed by atoms with Gasteiger partial charge in [0, 0.05) is 12.1 Å². The summed E-state index contributed by atoms with van der Waals surface area (Å²) in [6.07, 6.45) is 3.21. The molecule has 1 saturated heterocycles. The molecular weight excluding hydrogens is 394 g/mol. The number of hydrogen-bond donors (Lipinski definition) is 1. The lowest BCUT2D eigenvalue weighted by Gasteiger charge is -2.32. The van der Waals surface area contributed by atoms with Gasteiger partial charge in [0.25, 0.3) is 0 Å². The Morgan fingerprint density at radius 2 is 1.93 bits per heavy atom. The van der Waals surface area contributed by atoms with Crippen molar-refractivity contribution in [3.8, 4) is 22.8 Å². The number of amides is 1. The van der Waals surface area contributed by atoms with Crippen LogP contribution >= 0.6 is 0 Å². The highest BCUT2D eigenvalue weighted by molar-refractivity contribution is 7.88. The van der Waals surface area contributed by atoms with E-state index in [0.717, 1.165) is 24.7 Å². The number of rotatable bonds is 4. The highest BCUT2D eigenvalue weighted by atomic mass is 32.2. The van der Waals surface area contributed by atoms with Crippen molar-refractivity contribution in [3.05, 3.63) is 36.4 Å². The molecule has 0 spiro atoms. The van der Waals surface area contributed by atoms with Gasteiger partial charge in [0.15, 0.2) is 11.5 Å². The summed E-state index contributed by atoms with van der Waals surface area (Å²) in [7, 11) is -3.45. The molecule has 1 aromatic carbocycles. The van der Waals surface area contributed by atoms with E-state index in [1.54, 1.807) is 12.1 Å². The van der Waals surface area contributed by atoms with E-state index in [1.807, 2.05) is 24.3 Å². The molecule has 154 valence electrons. The summed E-state index contributed by atoms with van der Waals surface area (Å²) in [6.45, 7) is 1.39. The highest BCUT2D eigenvalue weighted by Crippen LogP contribution is 2.34. The molecule has 2 aliphatic rings. The van der Waals surface area contributed by atoms with Crippen molar-refractivity contribution in [1.82, 2.24) is 9.29 Å². The molecule has 29 heavy (non-hydrogen) atoms. The zero-order valence-corrected chi connectivity index (χ0v) is 16.9. The summed E-state index contributed by atoms with van der Waals surface area (Å²) in [4.78, 5) is 17.3. The van der Waals surface area contributed by atoms with E-state index in [2.05, 4.69) is 10.3 Å². The third-order valence-corrected chi connectivity index (χ3v) is 6.31. The first-order valence-electron chi connectivity index (χ1n) is 9.56. The molecule has 0 bridgehead atoms. The van der Waals surface area contributed by atoms with E-state index in [9.17, 15) is 13.2 Å². The van der Waals surface area contributed by atoms with Crippen molar-refractivity contribution in [2.24, 2.45) is 0 Å². The fourth-order valence-electron chi connectivity index (χ4n) is 3.64. The Balaban J connectivity index is 1.54. The highest BCUT2D eigenvalue weighted by Gasteiger charge is 2.34. The lowest BCUT2D eigenvalue weighted by Crippen LogP contribution is -2.49. The predicted octanol–water partition coefficient (Wildman–Crippen LogP) is 2.27. The third kappa shape index (κ3) is 4.35. The van der Waals surface area contributed by atoms with Crippen LogP contribution in [-0.4, -0.2) is 55.7 Å². The van der Waals surface area contributed by atoms with E-state index >= 15 is 0 Å². The molecule has 2 aliphatic heterocycles. The van der Waals surface area contributed by atoms with Crippen molar-refractivity contribution >= 4 is 21.7 Å². The average molecular weight is 417 g/mol. The van der Waals surface area contributed by atoms with Crippen LogP contribution in [0.4, 0.5) is 5.82 Å². The van der Waals surface area contributed by atoms with Gasteiger partial charge in [-0.3, -0.25) is 4.79 Å². The second-order valence-corrected chi connectivity index (χ2v) is 9.08. The van der Waals surface area contributed by atoms with Crippen molar-refractivity contribution in [2.75, 3.05) is 31.3 Å². The van der Waals surface area contributed by atoms with Crippen LogP contribution in [0.25, 0.3) is 11.3 Å². The summed E-state index contributed by atoms with van der Waals surface area (Å²) in [5.41, 5.74) is 1.50. The SMILES string of the molecule is CS(=O)(=O)N1CCCC[C@@H]1C(=O)Nc1cccc(-c2ccc3c(c2)OCCO3)n1. The van der Waals surface area contributed by atoms with Crippen LogP contribution in [-0.2, 0) is 14.8 Å². The smallest absolute Gasteiger partial charge is 0.243 e. The zero-order chi connectivity index (χ0) is 20.4. The van der Waals surface area contributed by atoms with E-state index in [0.29, 0.717) is 49.2 Å². The largest absolute Gasteiger partial charge is 0.486 e. The minimum absolute atomic E-state index is 0.359. The van der Waals surface area contributed by atoms with Gasteiger partial charge in [-0.15, -0.1) is 0 Å². The van der Waals surface area contributed by atoms with Crippen molar-refractivity contribution in [3.63, 3.8) is 0 Å². The molecule has 0 aliphatic carbocycles. The first kappa shape index (κ1) is 19.7. The molecule has 1 fully saturated rings. The third-order valence-electron chi connectivity index (χ3n) is 5.02. The topological polar surface area (TPSA) is 97.8 Å². The predicted molar refractivity (Wildman–Crippen MR) is 108 cm³/mol. The lowest BCUT2D eigenvalue weighted by atomic mass is 10.0. The number of ether oxygens (including phenoxy) is 2. The molecule has 0 saturated carbocycles. The molecule has 1 atom stereocenters. The normalized spacial score (nSPS) is 19.6. The minimum atomic E-state index is -3.45. The maximum atomic E-state index is 12.8. The van der Waals surface area contributed by atoms with E-state index in [4.69, 9.17) is 9.47 Å². The summed E-state index contributed by atoms with van der Waals surface area (Å²) < 4.78 is 36.5. The van der Waals surface area contributed by atoms with Crippen molar-refractivity contribution < 1.29 is 22.7 Å². The maximum Gasteiger partial charge on any atom is 0.243 e. The molecule has 2 aromatic rings. The number of anilines is 1. The van der Waals surface area contributed by atoms with Gasteiger partial charge in [-0.05, 0) is 43.2 Å². The second kappa shape index (κ2) is 8.00. The molecule has 9 heteroatoms. The first-order valence-corrected chi connectivity index (χ1v) is 11.4. The van der Waals surface area contributed by atoms with Gasteiger partial charge in [-0.1, -0.05) is 12.5 Å². The lowest BCUT2D eigenvalue weighted by molar-refractivity contribution is -0.120. The number of hydrogen-bond acceptors (Lipinski definition) is 6. The number of aromatic nitrogens is 1. The first-order chi connectivity index (χ1) is 13.9. The Morgan fingerprint density at radius 3 is 2.72 bits per heavy atom. The molecule has 1 N–H and O–H groups in total. The van der Waals surface area contributed by atoms with Gasteiger partial charge in [0.05, 0.1) is 11.9 Å². The van der Waals surface area contributed by atoms with Crippen LogP contribution in [0.15, 0.2) is 36.4 Å². The Hall–Kier alpha value is -2.65. The van der Waals surface area contributed by atoms with Crippen molar-refractivity contribution in [2.45, 2.75) is 25.3 Å². The van der Waals surface area contributed by atoms with Gasteiger partial charge in [-0.25, -0.2) is 13.4 Å². The van der Waals surface area contributed by atoms with Gasteiger partial charge in [0.1, 0.15) is 25.1 Å². The Bertz CT molecular complexity index is 1020. The molecule has 3 heterocycles. The molecule has 4 rings (SSSR count). The van der Waals surface area contributed by atoms with Crippen LogP contribution in [0.2, 0.25) is 0 Å². The van der Waals surface area contributed by atoms with Crippen molar-refractivity contribution in [1.29, 1.82) is 0 Å². The number of carbonyl (C=O) groups excluding carboxylic acids is 1. The van der Waals surface area contributed by atoms with Crippen LogP contribution < -0.4 is 14.8 Å². The quantitative estimate of drug-likeness (QED) is 0.820. The molecule has 1 aromatic heterocycles. The summed E-state index contributed by atoms with van der Waals surface area (Å²) in [5.74, 6) is 1.38. The van der Waals surface area contributed by atoms with E-state index in [1.165, 1.54) is 4.31 Å². The number of nitrogens with zero attached hydrogens (tertiary/aromatic N) is 2. The Kier molecular flexibility index (Phi) is 5.42. The maximum absolute atomic E-state index is 12.8. The number of benzene rings is 1. The number of sulfonamides is 1. The van der Waals surface area contributed by atoms with Crippen LogP contribution in [0.5, 0.6) is 11.5 Å². The average Bonchev–Trinajstić information content (AvgIpc) is 2.73. The van der Waals surface area contributed by atoms with E-state index < -0.39 is 16.1 Å². The number of pyridine rings is 1. The van der Waals surface area contributed by atoms with Crippen LogP contribution in [0.1, 0.15) is 19.3 Å². The van der Waals surface area contributed by atoms with Crippen LogP contribution in [0, 0.1) is 0 Å². The standard InChI is InChI=1S/C20H23N3O5S/c1-29(25,26)23-10-3-2-6-16(23)20(24)22-19-7-4-5-15(21-19)14-8-9-17-18(13-14)28-12-11-27-17/h4-5,7-9,13,16H,2-3,6,10-12H2,1H3,(H,21,22,24)/t16-/m1/s1. The van der Waals surface area contributed by atoms with Gasteiger partial charge in [-0.2, -0.15) is 4.31 Å². The summed E-state index contributed by atoms with van der Waals surface area (Å²) in [5, 5.41) is 2.77. The zero-order valence-electron chi connectivity index (χ0n) is 16.1. The number of carbonyl (C=O) groups is 1. The number of nitrogens with one attached hydrogen (secondary N) is 1. The molecule has 8 nitrogen and oxygen atoms in total. The Morgan fingerprint density at radius 1 is 1.14 bits per heavy atom. The van der Waals surface area contributed by atoms with E-state index in [-0.39, 0.29) is 5.91 Å². The fourth-order valence-corrected chi connectivity index (χ4v) is 4.77. The van der Waals surface area contributed by atoms with Crippen LogP contribution in [0.3, 0.4) is 0 Å². The number of piperidine rings is 1. The molecular formula is C20H23N3O5S. The minimum Gasteiger partial charge on any atom is -0.486 e. The van der Waals surface area contributed by atoms with Gasteiger partial charge >= 0.3 is 0 Å². The van der Waals surface area contributed by atoms with Gasteiger partial charge in [0.2, 0.25) is 15.9 Å². The molecule has 1 amide bonds. The number of fused-ring (bicyclic) bond motifs is 1. The Labute approximate surface area is 169 Å². The summed E-state index contributed by atoms with van der Waals surface area (Å²) >= 11 is 0. The fraction of sp³-hybridized carbons (Fsp3) is 0.400. The second-order valence-electron chi connectivity index (χ2n) is 7.14. The van der Waals surface area contributed by atoms with Gasteiger partial charge < -0.3 is 14.8 Å². The summed E-state index contributed by atoms with van der Waals surface area (Å²) in [6, 6.07) is 10.2. The monoisotopic (exact) mass is 417 g/mol. The molecule has 0 unspecified atom stereocenters.